The molecule has 27 heavy (non-hydrogen) atoms. The average Bonchev–Trinajstić information content (AvgIpc) is 2.60. The number of hydrogen-bond acceptors (Lipinski definition) is 9. The van der Waals surface area contributed by atoms with Gasteiger partial charge >= 0.3 is 17.9 Å². The minimum absolute atomic E-state index is 0.00611. The monoisotopic (exact) mass is 386 g/mol. The molecule has 0 bridgehead atoms. The molecular formula is C18H26O9. The van der Waals surface area contributed by atoms with Crippen molar-refractivity contribution in [2.75, 3.05) is 13.2 Å². The number of esters is 3. The van der Waals surface area contributed by atoms with Crippen molar-refractivity contribution in [3.05, 3.63) is 36.5 Å². The molecule has 0 saturated heterocycles. The van der Waals surface area contributed by atoms with E-state index in [0.29, 0.717) is 0 Å². The van der Waals surface area contributed by atoms with Crippen molar-refractivity contribution < 1.29 is 43.9 Å². The van der Waals surface area contributed by atoms with Crippen molar-refractivity contribution in [2.45, 2.75) is 45.2 Å². The van der Waals surface area contributed by atoms with Crippen LogP contribution < -0.4 is 0 Å². The van der Waals surface area contributed by atoms with E-state index in [4.69, 9.17) is 19.3 Å². The summed E-state index contributed by atoms with van der Waals surface area (Å²) >= 11 is 0. The smallest absolute Gasteiger partial charge is 0.333 e. The van der Waals surface area contributed by atoms with Gasteiger partial charge in [-0.05, 0) is 20.8 Å². The second kappa shape index (κ2) is 11.3. The molecule has 0 spiro atoms. The van der Waals surface area contributed by atoms with Crippen molar-refractivity contribution in [3.8, 4) is 0 Å². The van der Waals surface area contributed by atoms with Crippen LogP contribution in [0.5, 0.6) is 0 Å². The van der Waals surface area contributed by atoms with Crippen LogP contribution in [0.4, 0.5) is 0 Å². The summed E-state index contributed by atoms with van der Waals surface area (Å²) in [6.45, 7) is 12.8. The van der Waals surface area contributed by atoms with Gasteiger partial charge in [0.25, 0.3) is 0 Å². The molecule has 0 aliphatic carbocycles. The minimum atomic E-state index is -1.86. The Labute approximate surface area is 157 Å². The van der Waals surface area contributed by atoms with Gasteiger partial charge in [-0.25, -0.2) is 14.4 Å². The van der Waals surface area contributed by atoms with E-state index in [2.05, 4.69) is 19.7 Å². The second-order valence-corrected chi connectivity index (χ2v) is 5.99. The van der Waals surface area contributed by atoms with Crippen LogP contribution in [-0.4, -0.2) is 70.9 Å². The molecule has 0 radical (unpaired) electrons. The molecule has 152 valence electrons. The molecule has 0 saturated carbocycles. The summed E-state index contributed by atoms with van der Waals surface area (Å²) in [6, 6.07) is 0. The summed E-state index contributed by atoms with van der Waals surface area (Å²) in [4.78, 5) is 35.4. The Morgan fingerprint density at radius 1 is 0.852 bits per heavy atom. The van der Waals surface area contributed by atoms with Crippen LogP contribution in [0.15, 0.2) is 36.5 Å². The Bertz CT molecular complexity index is 608. The van der Waals surface area contributed by atoms with E-state index in [-0.39, 0.29) is 16.7 Å². The number of rotatable bonds is 11. The summed E-state index contributed by atoms with van der Waals surface area (Å²) < 4.78 is 15.1. The first-order valence-corrected chi connectivity index (χ1v) is 7.94. The third-order valence-corrected chi connectivity index (χ3v) is 3.21. The summed E-state index contributed by atoms with van der Waals surface area (Å²) in [5.74, 6) is -2.67. The van der Waals surface area contributed by atoms with Crippen molar-refractivity contribution in [1.82, 2.24) is 0 Å². The predicted octanol–water partition coefficient (Wildman–Crippen LogP) is -0.204. The molecule has 9 heteroatoms. The first kappa shape index (κ1) is 24.5. The van der Waals surface area contributed by atoms with E-state index in [9.17, 15) is 24.6 Å². The molecule has 3 N–H and O–H groups in total. The van der Waals surface area contributed by atoms with E-state index in [0.717, 1.165) is 0 Å². The van der Waals surface area contributed by atoms with E-state index >= 15 is 0 Å². The molecule has 0 unspecified atom stereocenters. The van der Waals surface area contributed by atoms with Crippen LogP contribution in [0.25, 0.3) is 0 Å². The van der Waals surface area contributed by atoms with Crippen molar-refractivity contribution in [2.24, 2.45) is 0 Å². The molecule has 0 aromatic heterocycles. The highest BCUT2D eigenvalue weighted by atomic mass is 16.6. The Hall–Kier alpha value is -2.49. The molecule has 0 aliphatic rings. The lowest BCUT2D eigenvalue weighted by Gasteiger charge is -2.31. The van der Waals surface area contributed by atoms with Crippen molar-refractivity contribution in [3.63, 3.8) is 0 Å². The Morgan fingerprint density at radius 3 is 1.70 bits per heavy atom. The highest BCUT2D eigenvalue weighted by molar-refractivity contribution is 5.88. The Balaban J connectivity index is 5.73. The molecular weight excluding hydrogens is 360 g/mol. The number of aliphatic hydroxyl groups excluding tert-OH is 3. The SMILES string of the molecule is C=C(C)C(=O)OC[C@@H](OC(=O)C(=C)C)[C@@H](OC(=O)C(=C)C)[C@H](O)[C@H](O)CO. The minimum Gasteiger partial charge on any atom is -0.458 e. The maximum atomic E-state index is 11.9. The van der Waals surface area contributed by atoms with Crippen LogP contribution in [0.3, 0.4) is 0 Å². The molecule has 0 aliphatic heterocycles. The van der Waals surface area contributed by atoms with E-state index in [1.807, 2.05) is 0 Å². The van der Waals surface area contributed by atoms with Gasteiger partial charge in [0, 0.05) is 16.7 Å². The number of hydrogen-bond donors (Lipinski definition) is 3. The quantitative estimate of drug-likeness (QED) is 0.250. The van der Waals surface area contributed by atoms with Gasteiger partial charge in [0.1, 0.15) is 18.8 Å². The maximum absolute atomic E-state index is 11.9. The number of carbonyl (C=O) groups is 3. The lowest BCUT2D eigenvalue weighted by Crippen LogP contribution is -2.51. The van der Waals surface area contributed by atoms with Gasteiger partial charge in [0.15, 0.2) is 12.2 Å². The van der Waals surface area contributed by atoms with Crippen LogP contribution in [0.1, 0.15) is 20.8 Å². The molecule has 0 fully saturated rings. The summed E-state index contributed by atoms with van der Waals surface area (Å²) in [5.41, 5.74) is 0.0226. The molecule has 4 atom stereocenters. The van der Waals surface area contributed by atoms with Crippen LogP contribution in [-0.2, 0) is 28.6 Å². The third kappa shape index (κ3) is 8.16. The lowest BCUT2D eigenvalue weighted by atomic mass is 10.0. The van der Waals surface area contributed by atoms with E-state index in [1.165, 1.54) is 20.8 Å². The standard InChI is InChI=1S/C18H26O9/c1-9(2)16(22)25-8-13(26-17(23)10(3)4)15(14(21)12(20)7-19)27-18(24)11(5)6/h12-15,19-21H,1,3,5,7-8H2,2,4,6H3/t12-,13-,14-,15-/m1/s1. The van der Waals surface area contributed by atoms with Crippen LogP contribution >= 0.6 is 0 Å². The molecule has 0 aromatic rings. The van der Waals surface area contributed by atoms with Crippen molar-refractivity contribution in [1.29, 1.82) is 0 Å². The Kier molecular flexibility index (Phi) is 10.2. The molecule has 9 nitrogen and oxygen atoms in total. The Morgan fingerprint density at radius 2 is 1.30 bits per heavy atom. The molecule has 0 aromatic carbocycles. The van der Waals surface area contributed by atoms with Gasteiger partial charge in [-0.1, -0.05) is 19.7 Å². The fraction of sp³-hybridized carbons (Fsp3) is 0.500. The highest BCUT2D eigenvalue weighted by Gasteiger charge is 2.39. The molecule has 0 amide bonds. The fourth-order valence-electron chi connectivity index (χ4n) is 1.63. The maximum Gasteiger partial charge on any atom is 0.333 e. The van der Waals surface area contributed by atoms with Gasteiger partial charge in [-0.3, -0.25) is 0 Å². The number of aliphatic hydroxyl groups is 3. The predicted molar refractivity (Wildman–Crippen MR) is 94.3 cm³/mol. The van der Waals surface area contributed by atoms with E-state index in [1.54, 1.807) is 0 Å². The third-order valence-electron chi connectivity index (χ3n) is 3.21. The zero-order chi connectivity index (χ0) is 21.3. The van der Waals surface area contributed by atoms with Crippen LogP contribution in [0, 0.1) is 0 Å². The van der Waals surface area contributed by atoms with Gasteiger partial charge in [-0.2, -0.15) is 0 Å². The summed E-state index contributed by atoms with van der Waals surface area (Å²) in [7, 11) is 0. The molecule has 0 rings (SSSR count). The number of carbonyl (C=O) groups excluding carboxylic acids is 3. The highest BCUT2D eigenvalue weighted by Crippen LogP contribution is 2.17. The number of ether oxygens (including phenoxy) is 3. The summed E-state index contributed by atoms with van der Waals surface area (Å²) in [5, 5.41) is 29.0. The van der Waals surface area contributed by atoms with Gasteiger partial charge < -0.3 is 29.5 Å². The lowest BCUT2D eigenvalue weighted by molar-refractivity contribution is -0.188. The van der Waals surface area contributed by atoms with E-state index < -0.39 is 55.5 Å². The molecule has 0 heterocycles. The average molecular weight is 386 g/mol. The van der Waals surface area contributed by atoms with Crippen LogP contribution in [0.2, 0.25) is 0 Å². The van der Waals surface area contributed by atoms with Gasteiger partial charge in [-0.15, -0.1) is 0 Å². The first-order chi connectivity index (χ1) is 12.4. The first-order valence-electron chi connectivity index (χ1n) is 7.94. The zero-order valence-corrected chi connectivity index (χ0v) is 15.6. The largest absolute Gasteiger partial charge is 0.458 e. The van der Waals surface area contributed by atoms with Gasteiger partial charge in [0.2, 0.25) is 0 Å². The zero-order valence-electron chi connectivity index (χ0n) is 15.6. The summed E-state index contributed by atoms with van der Waals surface area (Å²) in [6.07, 6.45) is -6.75. The fourth-order valence-corrected chi connectivity index (χ4v) is 1.63. The van der Waals surface area contributed by atoms with Crippen molar-refractivity contribution >= 4 is 17.9 Å². The normalized spacial score (nSPS) is 14.9. The van der Waals surface area contributed by atoms with Gasteiger partial charge in [0.05, 0.1) is 6.61 Å². The topological polar surface area (TPSA) is 140 Å². The second-order valence-electron chi connectivity index (χ2n) is 5.99.